The second kappa shape index (κ2) is 6.09. The molecule has 0 atom stereocenters. The Morgan fingerprint density at radius 1 is 1.33 bits per heavy atom. The van der Waals surface area contributed by atoms with Crippen LogP contribution in [0.25, 0.3) is 0 Å². The van der Waals surface area contributed by atoms with Gasteiger partial charge in [-0.05, 0) is 30.0 Å². The van der Waals surface area contributed by atoms with Crippen LogP contribution in [0.1, 0.15) is 37.0 Å². The van der Waals surface area contributed by atoms with E-state index in [1.807, 2.05) is 6.08 Å². The zero-order chi connectivity index (χ0) is 11.1. The van der Waals surface area contributed by atoms with Gasteiger partial charge in [-0.3, -0.25) is 0 Å². The second-order valence-electron chi connectivity index (χ2n) is 3.49. The summed E-state index contributed by atoms with van der Waals surface area (Å²) in [5.41, 5.74) is 3.84. The smallest absolute Gasteiger partial charge is 0.0277 e. The van der Waals surface area contributed by atoms with E-state index in [1.54, 1.807) is 0 Å². The molecule has 78 valence electrons. The highest BCUT2D eigenvalue weighted by atomic mass is 14.0. The van der Waals surface area contributed by atoms with Gasteiger partial charge in [-0.15, -0.1) is 6.58 Å². The van der Waals surface area contributed by atoms with Gasteiger partial charge in [-0.25, -0.2) is 0 Å². The molecular weight excluding hydrogens is 180 g/mol. The maximum atomic E-state index is 3.76. The lowest BCUT2D eigenvalue weighted by atomic mass is 10.0. The van der Waals surface area contributed by atoms with E-state index in [0.717, 1.165) is 19.3 Å². The third kappa shape index (κ3) is 3.29. The van der Waals surface area contributed by atoms with Gasteiger partial charge in [-0.2, -0.15) is 0 Å². The first-order valence-corrected chi connectivity index (χ1v) is 5.53. The molecule has 0 aromatic heterocycles. The summed E-state index contributed by atoms with van der Waals surface area (Å²) in [7, 11) is 0. The molecule has 0 radical (unpaired) electrons. The molecule has 1 rings (SSSR count). The van der Waals surface area contributed by atoms with E-state index in [2.05, 4.69) is 50.5 Å². The van der Waals surface area contributed by atoms with Crippen LogP contribution in [-0.4, -0.2) is 0 Å². The SMILES string of the molecule is C=CCc1ccc(C#CCC)c(CC)c1. The normalized spacial score (nSPS) is 9.20. The maximum absolute atomic E-state index is 3.76. The fourth-order valence-corrected chi connectivity index (χ4v) is 1.54. The first-order valence-electron chi connectivity index (χ1n) is 5.53. The Kier molecular flexibility index (Phi) is 4.71. The molecular formula is C15H18. The Hall–Kier alpha value is -1.48. The monoisotopic (exact) mass is 198 g/mol. The fourth-order valence-electron chi connectivity index (χ4n) is 1.54. The highest BCUT2D eigenvalue weighted by molar-refractivity contribution is 5.43. The topological polar surface area (TPSA) is 0 Å². The van der Waals surface area contributed by atoms with Crippen molar-refractivity contribution in [3.05, 3.63) is 47.5 Å². The van der Waals surface area contributed by atoms with Gasteiger partial charge in [0.1, 0.15) is 0 Å². The third-order valence-corrected chi connectivity index (χ3v) is 2.33. The number of aryl methyl sites for hydroxylation is 1. The molecule has 0 bridgehead atoms. The van der Waals surface area contributed by atoms with Crippen LogP contribution in [0, 0.1) is 11.8 Å². The van der Waals surface area contributed by atoms with Gasteiger partial charge >= 0.3 is 0 Å². The van der Waals surface area contributed by atoms with Crippen molar-refractivity contribution >= 4 is 0 Å². The van der Waals surface area contributed by atoms with Crippen molar-refractivity contribution in [1.29, 1.82) is 0 Å². The summed E-state index contributed by atoms with van der Waals surface area (Å²) >= 11 is 0. The summed E-state index contributed by atoms with van der Waals surface area (Å²) in [6.45, 7) is 8.00. The van der Waals surface area contributed by atoms with E-state index in [4.69, 9.17) is 0 Å². The Morgan fingerprint density at radius 3 is 2.73 bits per heavy atom. The molecule has 0 heteroatoms. The van der Waals surface area contributed by atoms with Crippen molar-refractivity contribution in [2.75, 3.05) is 0 Å². The molecule has 1 aromatic carbocycles. The van der Waals surface area contributed by atoms with Crippen molar-refractivity contribution in [1.82, 2.24) is 0 Å². The van der Waals surface area contributed by atoms with Crippen LogP contribution < -0.4 is 0 Å². The van der Waals surface area contributed by atoms with Gasteiger partial charge in [0.05, 0.1) is 0 Å². The standard InChI is InChI=1S/C15H18/c1-4-7-9-15-11-10-13(8-5-2)12-14(15)6-3/h5,10-12H,2,4,6,8H2,1,3H3. The molecule has 0 fully saturated rings. The number of hydrogen-bond donors (Lipinski definition) is 0. The molecule has 0 aliphatic heterocycles. The van der Waals surface area contributed by atoms with Crippen molar-refractivity contribution in [2.45, 2.75) is 33.1 Å². The van der Waals surface area contributed by atoms with Crippen molar-refractivity contribution in [2.24, 2.45) is 0 Å². The zero-order valence-electron chi connectivity index (χ0n) is 9.64. The second-order valence-corrected chi connectivity index (χ2v) is 3.49. The van der Waals surface area contributed by atoms with E-state index < -0.39 is 0 Å². The van der Waals surface area contributed by atoms with Gasteiger partial charge in [0.15, 0.2) is 0 Å². The molecule has 1 aromatic rings. The molecule has 0 saturated carbocycles. The number of benzene rings is 1. The van der Waals surface area contributed by atoms with Crippen LogP contribution in [0.3, 0.4) is 0 Å². The van der Waals surface area contributed by atoms with Crippen LogP contribution in [-0.2, 0) is 12.8 Å². The summed E-state index contributed by atoms with van der Waals surface area (Å²) < 4.78 is 0. The summed E-state index contributed by atoms with van der Waals surface area (Å²) in [5, 5.41) is 0. The van der Waals surface area contributed by atoms with Gasteiger partial charge in [0.25, 0.3) is 0 Å². The van der Waals surface area contributed by atoms with Crippen LogP contribution in [0.2, 0.25) is 0 Å². The Bertz CT molecular complexity index is 388. The maximum Gasteiger partial charge on any atom is 0.0277 e. The van der Waals surface area contributed by atoms with E-state index in [9.17, 15) is 0 Å². The largest absolute Gasteiger partial charge is 0.103 e. The predicted molar refractivity (Wildman–Crippen MR) is 66.9 cm³/mol. The minimum absolute atomic E-state index is 0.914. The van der Waals surface area contributed by atoms with E-state index in [1.165, 1.54) is 16.7 Å². The number of hydrogen-bond acceptors (Lipinski definition) is 0. The Balaban J connectivity index is 3.03. The molecule has 15 heavy (non-hydrogen) atoms. The average molecular weight is 198 g/mol. The molecule has 0 aliphatic rings. The summed E-state index contributed by atoms with van der Waals surface area (Å²) in [4.78, 5) is 0. The Labute approximate surface area is 93.0 Å². The number of rotatable bonds is 3. The number of allylic oxidation sites excluding steroid dienone is 1. The molecule has 0 nitrogen and oxygen atoms in total. The van der Waals surface area contributed by atoms with Crippen LogP contribution >= 0.6 is 0 Å². The molecule has 0 amide bonds. The molecule has 0 aliphatic carbocycles. The molecule has 0 N–H and O–H groups in total. The van der Waals surface area contributed by atoms with Crippen LogP contribution in [0.5, 0.6) is 0 Å². The first-order chi connectivity index (χ1) is 7.31. The minimum Gasteiger partial charge on any atom is -0.103 e. The highest BCUT2D eigenvalue weighted by Gasteiger charge is 1.99. The lowest BCUT2D eigenvalue weighted by Gasteiger charge is -2.04. The lowest BCUT2D eigenvalue weighted by Crippen LogP contribution is -1.91. The fraction of sp³-hybridized carbons (Fsp3) is 0.333. The summed E-state index contributed by atoms with van der Waals surface area (Å²) in [6.07, 6.45) is 4.83. The lowest BCUT2D eigenvalue weighted by molar-refractivity contribution is 1.11. The van der Waals surface area contributed by atoms with E-state index in [-0.39, 0.29) is 0 Å². The van der Waals surface area contributed by atoms with Gasteiger partial charge in [0.2, 0.25) is 0 Å². The summed E-state index contributed by atoms with van der Waals surface area (Å²) in [6, 6.07) is 6.50. The zero-order valence-corrected chi connectivity index (χ0v) is 9.64. The molecule has 0 saturated heterocycles. The third-order valence-electron chi connectivity index (χ3n) is 2.33. The van der Waals surface area contributed by atoms with Gasteiger partial charge in [0, 0.05) is 12.0 Å². The first kappa shape index (κ1) is 11.6. The van der Waals surface area contributed by atoms with Crippen molar-refractivity contribution in [3.63, 3.8) is 0 Å². The molecule has 0 unspecified atom stereocenters. The van der Waals surface area contributed by atoms with E-state index in [0.29, 0.717) is 0 Å². The van der Waals surface area contributed by atoms with Crippen LogP contribution in [0.15, 0.2) is 30.9 Å². The van der Waals surface area contributed by atoms with Gasteiger partial charge in [-0.1, -0.05) is 43.9 Å². The predicted octanol–water partition coefficient (Wildman–Crippen LogP) is 3.74. The van der Waals surface area contributed by atoms with E-state index >= 15 is 0 Å². The molecule has 0 heterocycles. The highest BCUT2D eigenvalue weighted by Crippen LogP contribution is 2.13. The van der Waals surface area contributed by atoms with Crippen LogP contribution in [0.4, 0.5) is 0 Å². The quantitative estimate of drug-likeness (QED) is 0.512. The average Bonchev–Trinajstić information content (AvgIpc) is 2.27. The van der Waals surface area contributed by atoms with Crippen molar-refractivity contribution < 1.29 is 0 Å². The summed E-state index contributed by atoms with van der Waals surface area (Å²) in [5.74, 6) is 6.33. The van der Waals surface area contributed by atoms with Crippen molar-refractivity contribution in [3.8, 4) is 11.8 Å². The Morgan fingerprint density at radius 2 is 2.13 bits per heavy atom. The minimum atomic E-state index is 0.914. The molecule has 0 spiro atoms. The van der Waals surface area contributed by atoms with Gasteiger partial charge < -0.3 is 0 Å².